The largest absolute Gasteiger partial charge is 0.363 e. The summed E-state index contributed by atoms with van der Waals surface area (Å²) in [4.78, 5) is 0.163. The number of halogens is 1. The van der Waals surface area contributed by atoms with Crippen molar-refractivity contribution in [3.63, 3.8) is 0 Å². The second kappa shape index (κ2) is 4.70. The molecule has 0 aromatic rings. The minimum absolute atomic E-state index is 0. The van der Waals surface area contributed by atoms with Crippen molar-refractivity contribution in [3.8, 4) is 0 Å². The Morgan fingerprint density at radius 2 is 2.25 bits per heavy atom. The van der Waals surface area contributed by atoms with Gasteiger partial charge in [-0.25, -0.2) is 0 Å². The number of thioether (sulfide) groups is 1. The van der Waals surface area contributed by atoms with Gasteiger partial charge in [-0.1, -0.05) is 0 Å². The molecule has 2 aliphatic rings. The fourth-order valence-corrected chi connectivity index (χ4v) is 3.01. The quantitative estimate of drug-likeness (QED) is 0.656. The fraction of sp³-hybridized carbons (Fsp3) is 1.00. The number of piperidine rings is 1. The SMILES string of the molecule is C1COC2(CCCNC2)SC1.Cl. The average molecular weight is 210 g/mol. The van der Waals surface area contributed by atoms with Crippen molar-refractivity contribution in [2.24, 2.45) is 0 Å². The molecule has 2 rings (SSSR count). The summed E-state index contributed by atoms with van der Waals surface area (Å²) in [5.74, 6) is 1.28. The molecule has 1 atom stereocenters. The Hall–Kier alpha value is 0.560. The van der Waals surface area contributed by atoms with Crippen LogP contribution in [0.5, 0.6) is 0 Å². The zero-order valence-electron chi connectivity index (χ0n) is 7.17. The predicted molar refractivity (Wildman–Crippen MR) is 55.1 cm³/mol. The Balaban J connectivity index is 0.000000720. The molecule has 0 amide bonds. The number of hydrogen-bond donors (Lipinski definition) is 1. The maximum absolute atomic E-state index is 5.81. The zero-order chi connectivity index (χ0) is 7.57. The lowest BCUT2D eigenvalue weighted by atomic mass is 10.1. The van der Waals surface area contributed by atoms with Gasteiger partial charge in [-0.05, 0) is 31.6 Å². The Kier molecular flexibility index (Phi) is 4.17. The summed E-state index contributed by atoms with van der Waals surface area (Å²) >= 11 is 2.00. The lowest BCUT2D eigenvalue weighted by Gasteiger charge is -2.39. The number of rotatable bonds is 0. The third-order valence-electron chi connectivity index (χ3n) is 2.32. The van der Waals surface area contributed by atoms with E-state index in [0.717, 1.165) is 13.2 Å². The molecule has 2 saturated heterocycles. The molecule has 2 nitrogen and oxygen atoms in total. The molecule has 4 heteroatoms. The molecule has 0 saturated carbocycles. The van der Waals surface area contributed by atoms with Crippen LogP contribution < -0.4 is 5.32 Å². The van der Waals surface area contributed by atoms with Gasteiger partial charge in [0.1, 0.15) is 4.93 Å². The molecule has 2 heterocycles. The van der Waals surface area contributed by atoms with Crippen molar-refractivity contribution in [1.82, 2.24) is 5.32 Å². The number of hydrogen-bond acceptors (Lipinski definition) is 3. The maximum Gasteiger partial charge on any atom is 0.126 e. The third-order valence-corrected chi connectivity index (χ3v) is 3.81. The summed E-state index contributed by atoms with van der Waals surface area (Å²) in [5, 5.41) is 3.40. The van der Waals surface area contributed by atoms with Gasteiger partial charge < -0.3 is 10.1 Å². The molecule has 0 radical (unpaired) electrons. The van der Waals surface area contributed by atoms with E-state index < -0.39 is 0 Å². The molecule has 72 valence electrons. The Morgan fingerprint density at radius 1 is 1.33 bits per heavy atom. The summed E-state index contributed by atoms with van der Waals surface area (Å²) in [6.07, 6.45) is 3.74. The smallest absolute Gasteiger partial charge is 0.126 e. The van der Waals surface area contributed by atoms with E-state index in [0.29, 0.717) is 0 Å². The van der Waals surface area contributed by atoms with Crippen molar-refractivity contribution in [1.29, 1.82) is 0 Å². The molecule has 1 unspecified atom stereocenters. The molecule has 0 bridgehead atoms. The van der Waals surface area contributed by atoms with Gasteiger partial charge in [-0.2, -0.15) is 0 Å². The minimum Gasteiger partial charge on any atom is -0.363 e. The first-order chi connectivity index (χ1) is 5.41. The number of ether oxygens (including phenoxy) is 1. The van der Waals surface area contributed by atoms with Gasteiger partial charge in [0.2, 0.25) is 0 Å². The highest BCUT2D eigenvalue weighted by Gasteiger charge is 2.35. The molecule has 1 spiro atoms. The van der Waals surface area contributed by atoms with Crippen molar-refractivity contribution in [2.45, 2.75) is 24.2 Å². The molecule has 2 aliphatic heterocycles. The summed E-state index contributed by atoms with van der Waals surface area (Å²) in [6, 6.07) is 0. The fourth-order valence-electron chi connectivity index (χ4n) is 1.71. The van der Waals surface area contributed by atoms with Crippen LogP contribution in [0.4, 0.5) is 0 Å². The molecular weight excluding hydrogens is 194 g/mol. The van der Waals surface area contributed by atoms with Crippen LogP contribution in [0.3, 0.4) is 0 Å². The Morgan fingerprint density at radius 3 is 2.83 bits per heavy atom. The molecule has 1 N–H and O–H groups in total. The molecule has 12 heavy (non-hydrogen) atoms. The highest BCUT2D eigenvalue weighted by atomic mass is 35.5. The summed E-state index contributed by atoms with van der Waals surface area (Å²) in [6.45, 7) is 3.19. The average Bonchev–Trinajstić information content (AvgIpc) is 2.07. The van der Waals surface area contributed by atoms with E-state index in [1.165, 1.54) is 31.6 Å². The van der Waals surface area contributed by atoms with E-state index >= 15 is 0 Å². The first-order valence-corrected chi connectivity index (χ1v) is 5.39. The van der Waals surface area contributed by atoms with Crippen LogP contribution in [-0.4, -0.2) is 30.4 Å². The van der Waals surface area contributed by atoms with E-state index in [2.05, 4.69) is 5.32 Å². The molecule has 0 aromatic carbocycles. The van der Waals surface area contributed by atoms with Gasteiger partial charge >= 0.3 is 0 Å². The van der Waals surface area contributed by atoms with Crippen molar-refractivity contribution < 1.29 is 4.74 Å². The van der Waals surface area contributed by atoms with Crippen LogP contribution in [-0.2, 0) is 4.74 Å². The van der Waals surface area contributed by atoms with Crippen molar-refractivity contribution >= 4 is 24.2 Å². The van der Waals surface area contributed by atoms with E-state index in [4.69, 9.17) is 4.74 Å². The van der Waals surface area contributed by atoms with Crippen LogP contribution in [0.2, 0.25) is 0 Å². The highest BCUT2D eigenvalue weighted by Crippen LogP contribution is 2.36. The normalized spacial score (nSPS) is 36.0. The van der Waals surface area contributed by atoms with Crippen LogP contribution in [0.25, 0.3) is 0 Å². The lowest BCUT2D eigenvalue weighted by molar-refractivity contribution is 0.00362. The number of nitrogens with one attached hydrogen (secondary N) is 1. The first kappa shape index (κ1) is 10.6. The van der Waals surface area contributed by atoms with Gasteiger partial charge in [0.05, 0.1) is 0 Å². The first-order valence-electron chi connectivity index (χ1n) is 4.40. The molecular formula is C8H16ClNOS. The second-order valence-corrected chi connectivity index (χ2v) is 4.68. The molecule has 0 aliphatic carbocycles. The Bertz CT molecular complexity index is 114. The topological polar surface area (TPSA) is 21.3 Å². The van der Waals surface area contributed by atoms with E-state index in [9.17, 15) is 0 Å². The summed E-state index contributed by atoms with van der Waals surface area (Å²) in [5.41, 5.74) is 0. The van der Waals surface area contributed by atoms with Gasteiger partial charge in [0, 0.05) is 13.2 Å². The van der Waals surface area contributed by atoms with Gasteiger partial charge in [0.15, 0.2) is 0 Å². The maximum atomic E-state index is 5.81. The van der Waals surface area contributed by atoms with E-state index in [-0.39, 0.29) is 17.3 Å². The van der Waals surface area contributed by atoms with Crippen LogP contribution >= 0.6 is 24.2 Å². The second-order valence-electron chi connectivity index (χ2n) is 3.24. The van der Waals surface area contributed by atoms with E-state index in [1.54, 1.807) is 0 Å². The van der Waals surface area contributed by atoms with Crippen molar-refractivity contribution in [2.75, 3.05) is 25.4 Å². The predicted octanol–water partition coefficient (Wildman–Crippen LogP) is 1.64. The van der Waals surface area contributed by atoms with Crippen molar-refractivity contribution in [3.05, 3.63) is 0 Å². The third kappa shape index (κ3) is 2.28. The molecule has 0 aromatic heterocycles. The van der Waals surface area contributed by atoms with Gasteiger partial charge in [0.25, 0.3) is 0 Å². The van der Waals surface area contributed by atoms with Gasteiger partial charge in [-0.15, -0.1) is 24.2 Å². The lowest BCUT2D eigenvalue weighted by Crippen LogP contribution is -2.47. The monoisotopic (exact) mass is 209 g/mol. The minimum atomic E-state index is 0. The van der Waals surface area contributed by atoms with Crippen LogP contribution in [0.15, 0.2) is 0 Å². The Labute approximate surface area is 84.2 Å². The van der Waals surface area contributed by atoms with E-state index in [1.807, 2.05) is 11.8 Å². The standard InChI is InChI=1S/C8H15NOS.ClH/c1-3-8(7-9-4-1)10-5-2-6-11-8;/h9H,1-7H2;1H. The zero-order valence-corrected chi connectivity index (χ0v) is 8.81. The van der Waals surface area contributed by atoms with Crippen LogP contribution in [0, 0.1) is 0 Å². The van der Waals surface area contributed by atoms with Crippen LogP contribution in [0.1, 0.15) is 19.3 Å². The highest BCUT2D eigenvalue weighted by molar-refractivity contribution is 8.00. The van der Waals surface area contributed by atoms with Gasteiger partial charge in [-0.3, -0.25) is 0 Å². The summed E-state index contributed by atoms with van der Waals surface area (Å²) in [7, 11) is 0. The molecule has 2 fully saturated rings. The summed E-state index contributed by atoms with van der Waals surface area (Å²) < 4.78 is 5.81.